The summed E-state index contributed by atoms with van der Waals surface area (Å²) in [7, 11) is 0. The molecule has 1 heterocycles. The van der Waals surface area contributed by atoms with Gasteiger partial charge in [0.1, 0.15) is 6.04 Å². The molecular formula is C10H10ClN3O2. The molecule has 3 N–H and O–H groups in total. The molecule has 0 radical (unpaired) electrons. The smallest absolute Gasteiger partial charge is 0.321 e. The van der Waals surface area contributed by atoms with Crippen LogP contribution in [-0.2, 0) is 4.79 Å². The lowest BCUT2D eigenvalue weighted by molar-refractivity contribution is -0.121. The molecule has 6 heteroatoms. The summed E-state index contributed by atoms with van der Waals surface area (Å²) in [6.45, 7) is 0.246. The van der Waals surface area contributed by atoms with Crippen molar-refractivity contribution in [2.45, 2.75) is 6.04 Å². The highest BCUT2D eigenvalue weighted by atomic mass is 35.5. The van der Waals surface area contributed by atoms with Crippen LogP contribution in [0.15, 0.2) is 24.3 Å². The van der Waals surface area contributed by atoms with Crippen LogP contribution in [0.3, 0.4) is 0 Å². The van der Waals surface area contributed by atoms with Gasteiger partial charge in [-0.3, -0.25) is 10.1 Å². The largest absolute Gasteiger partial charge is 0.371 e. The molecular weight excluding hydrogens is 230 g/mol. The van der Waals surface area contributed by atoms with Gasteiger partial charge in [-0.1, -0.05) is 23.7 Å². The minimum atomic E-state index is -0.502. The summed E-state index contributed by atoms with van der Waals surface area (Å²) in [6, 6.07) is 6.14. The fourth-order valence-corrected chi connectivity index (χ4v) is 1.60. The van der Waals surface area contributed by atoms with Crippen molar-refractivity contribution in [1.29, 1.82) is 0 Å². The highest BCUT2D eigenvalue weighted by Gasteiger charge is 2.26. The predicted octanol–water partition coefficient (Wildman–Crippen LogP) is 0.960. The van der Waals surface area contributed by atoms with Crippen LogP contribution >= 0.6 is 11.6 Å². The van der Waals surface area contributed by atoms with E-state index in [4.69, 9.17) is 11.6 Å². The molecule has 0 unspecified atom stereocenters. The molecule has 3 amide bonds. The Labute approximate surface area is 97.2 Å². The molecule has 16 heavy (non-hydrogen) atoms. The van der Waals surface area contributed by atoms with Crippen LogP contribution in [0.4, 0.5) is 10.5 Å². The third kappa shape index (κ3) is 2.25. The van der Waals surface area contributed by atoms with E-state index in [0.717, 1.165) is 0 Å². The summed E-state index contributed by atoms with van der Waals surface area (Å²) < 4.78 is 0. The summed E-state index contributed by atoms with van der Waals surface area (Å²) >= 11 is 5.94. The van der Waals surface area contributed by atoms with Gasteiger partial charge in [-0.2, -0.15) is 0 Å². The molecule has 1 fully saturated rings. The Balaban J connectivity index is 2.08. The summed E-state index contributed by atoms with van der Waals surface area (Å²) in [5.41, 5.74) is 0.667. The second-order valence-corrected chi connectivity index (χ2v) is 3.78. The minimum Gasteiger partial charge on any atom is -0.371 e. The number of halogens is 1. The van der Waals surface area contributed by atoms with Crippen LogP contribution in [0.1, 0.15) is 0 Å². The number of hydrogen-bond acceptors (Lipinski definition) is 3. The number of amides is 3. The Morgan fingerprint density at radius 2 is 2.06 bits per heavy atom. The molecule has 0 saturated carbocycles. The van der Waals surface area contributed by atoms with E-state index < -0.39 is 12.1 Å². The van der Waals surface area contributed by atoms with Gasteiger partial charge in [-0.15, -0.1) is 0 Å². The van der Waals surface area contributed by atoms with Crippen LogP contribution in [0.2, 0.25) is 5.02 Å². The van der Waals surface area contributed by atoms with Gasteiger partial charge in [0.25, 0.3) is 5.91 Å². The van der Waals surface area contributed by atoms with E-state index in [0.29, 0.717) is 10.7 Å². The molecule has 1 saturated heterocycles. The van der Waals surface area contributed by atoms with E-state index in [2.05, 4.69) is 16.0 Å². The molecule has 0 aliphatic carbocycles. The lowest BCUT2D eigenvalue weighted by Crippen LogP contribution is -2.57. The topological polar surface area (TPSA) is 70.2 Å². The van der Waals surface area contributed by atoms with Gasteiger partial charge in [-0.05, 0) is 12.1 Å². The molecule has 5 nitrogen and oxygen atoms in total. The Morgan fingerprint density at radius 3 is 2.75 bits per heavy atom. The van der Waals surface area contributed by atoms with E-state index >= 15 is 0 Å². The molecule has 1 atom stereocenters. The fourth-order valence-electron chi connectivity index (χ4n) is 1.41. The number of benzene rings is 1. The zero-order chi connectivity index (χ0) is 11.5. The SMILES string of the molecule is O=C1NC[C@H](Nc2ccccc2Cl)C(=O)N1. The first kappa shape index (κ1) is 10.8. The van der Waals surface area contributed by atoms with Gasteiger partial charge in [0.05, 0.1) is 10.7 Å². The second-order valence-electron chi connectivity index (χ2n) is 3.38. The number of hydrogen-bond donors (Lipinski definition) is 3. The number of nitrogens with one attached hydrogen (secondary N) is 3. The van der Waals surface area contributed by atoms with Crippen molar-refractivity contribution < 1.29 is 9.59 Å². The number of urea groups is 1. The molecule has 0 aromatic heterocycles. The van der Waals surface area contributed by atoms with E-state index in [-0.39, 0.29) is 12.5 Å². The summed E-state index contributed by atoms with van der Waals surface area (Å²) in [5.74, 6) is -0.358. The first-order chi connectivity index (χ1) is 7.66. The number of para-hydroxylation sites is 1. The maximum Gasteiger partial charge on any atom is 0.321 e. The minimum absolute atomic E-state index is 0.246. The number of carbonyl (C=O) groups is 2. The fraction of sp³-hybridized carbons (Fsp3) is 0.200. The number of imide groups is 1. The Morgan fingerprint density at radius 1 is 1.31 bits per heavy atom. The van der Waals surface area contributed by atoms with Crippen molar-refractivity contribution in [3.05, 3.63) is 29.3 Å². The van der Waals surface area contributed by atoms with Gasteiger partial charge in [0, 0.05) is 6.54 Å². The maximum absolute atomic E-state index is 11.4. The van der Waals surface area contributed by atoms with E-state index in [1.807, 2.05) is 6.07 Å². The zero-order valence-corrected chi connectivity index (χ0v) is 9.04. The van der Waals surface area contributed by atoms with Crippen LogP contribution in [-0.4, -0.2) is 24.5 Å². The lowest BCUT2D eigenvalue weighted by Gasteiger charge is -2.24. The Hall–Kier alpha value is -1.75. The highest BCUT2D eigenvalue weighted by molar-refractivity contribution is 6.33. The normalized spacial score (nSPS) is 19.9. The maximum atomic E-state index is 11.4. The molecule has 1 aromatic carbocycles. The quantitative estimate of drug-likeness (QED) is 0.720. The van der Waals surface area contributed by atoms with Crippen molar-refractivity contribution >= 4 is 29.2 Å². The van der Waals surface area contributed by atoms with Crippen LogP contribution in [0.5, 0.6) is 0 Å². The van der Waals surface area contributed by atoms with E-state index in [9.17, 15) is 9.59 Å². The third-order valence-corrected chi connectivity index (χ3v) is 2.55. The summed E-state index contributed by atoms with van der Waals surface area (Å²) in [4.78, 5) is 22.3. The molecule has 0 bridgehead atoms. The van der Waals surface area contributed by atoms with Crippen molar-refractivity contribution in [3.63, 3.8) is 0 Å². The molecule has 2 rings (SSSR count). The summed E-state index contributed by atoms with van der Waals surface area (Å²) in [5, 5.41) is 8.20. The second kappa shape index (κ2) is 4.40. The van der Waals surface area contributed by atoms with Crippen molar-refractivity contribution in [3.8, 4) is 0 Å². The van der Waals surface area contributed by atoms with E-state index in [1.54, 1.807) is 18.2 Å². The molecule has 1 aromatic rings. The Kier molecular flexibility index (Phi) is 2.96. The average Bonchev–Trinajstić information content (AvgIpc) is 2.25. The first-order valence-corrected chi connectivity index (χ1v) is 5.14. The van der Waals surface area contributed by atoms with Gasteiger partial charge < -0.3 is 10.6 Å². The van der Waals surface area contributed by atoms with Crippen molar-refractivity contribution in [1.82, 2.24) is 10.6 Å². The van der Waals surface area contributed by atoms with Crippen LogP contribution in [0.25, 0.3) is 0 Å². The third-order valence-electron chi connectivity index (χ3n) is 2.22. The average molecular weight is 240 g/mol. The number of carbonyl (C=O) groups excluding carboxylic acids is 2. The molecule has 1 aliphatic rings. The standard InChI is InChI=1S/C10H10ClN3O2/c11-6-3-1-2-4-7(6)13-8-5-12-10(16)14-9(8)15/h1-4,8,13H,5H2,(H2,12,14,15,16)/t8-/m0/s1. The van der Waals surface area contributed by atoms with E-state index in [1.165, 1.54) is 0 Å². The Bertz CT molecular complexity index is 436. The zero-order valence-electron chi connectivity index (χ0n) is 8.29. The van der Waals surface area contributed by atoms with Crippen LogP contribution < -0.4 is 16.0 Å². The number of anilines is 1. The highest BCUT2D eigenvalue weighted by Crippen LogP contribution is 2.21. The van der Waals surface area contributed by atoms with Gasteiger partial charge in [0.15, 0.2) is 0 Å². The van der Waals surface area contributed by atoms with Gasteiger partial charge in [0.2, 0.25) is 0 Å². The summed E-state index contributed by atoms with van der Waals surface area (Å²) in [6.07, 6.45) is 0. The van der Waals surface area contributed by atoms with Crippen molar-refractivity contribution in [2.75, 3.05) is 11.9 Å². The molecule has 84 valence electrons. The predicted molar refractivity (Wildman–Crippen MR) is 60.4 cm³/mol. The monoisotopic (exact) mass is 239 g/mol. The van der Waals surface area contributed by atoms with Gasteiger partial charge in [-0.25, -0.2) is 4.79 Å². The lowest BCUT2D eigenvalue weighted by atomic mass is 10.2. The molecule has 1 aliphatic heterocycles. The number of rotatable bonds is 2. The van der Waals surface area contributed by atoms with Crippen LogP contribution in [0, 0.1) is 0 Å². The first-order valence-electron chi connectivity index (χ1n) is 4.76. The van der Waals surface area contributed by atoms with Crippen molar-refractivity contribution in [2.24, 2.45) is 0 Å². The van der Waals surface area contributed by atoms with Gasteiger partial charge >= 0.3 is 6.03 Å². The molecule has 0 spiro atoms.